The van der Waals surface area contributed by atoms with E-state index in [0.717, 1.165) is 56.7 Å². The van der Waals surface area contributed by atoms with E-state index in [9.17, 15) is 9.18 Å². The average molecular weight is 417 g/mol. The Morgan fingerprint density at radius 3 is 2.38 bits per heavy atom. The molecule has 0 aromatic heterocycles. The molecule has 0 atom stereocenters. The lowest BCUT2D eigenvalue weighted by Crippen LogP contribution is -2.62. The molecule has 154 valence electrons. The number of piperidine rings is 1. The van der Waals surface area contributed by atoms with Gasteiger partial charge in [0.15, 0.2) is 11.6 Å². The molecule has 2 aliphatic heterocycles. The number of methoxy groups -OCH3 is 1. The van der Waals surface area contributed by atoms with Crippen LogP contribution in [0.15, 0.2) is 42.5 Å². The van der Waals surface area contributed by atoms with Gasteiger partial charge in [0.1, 0.15) is 0 Å². The highest BCUT2D eigenvalue weighted by molar-refractivity contribution is 6.30. The maximum absolute atomic E-state index is 13.9. The summed E-state index contributed by atoms with van der Waals surface area (Å²) in [5, 5.41) is 0.688. The molecule has 0 saturated carbocycles. The van der Waals surface area contributed by atoms with E-state index in [1.165, 1.54) is 7.11 Å². The lowest BCUT2D eigenvalue weighted by Gasteiger charge is -2.54. The van der Waals surface area contributed by atoms with Crippen molar-refractivity contribution in [3.8, 4) is 5.75 Å². The quantitative estimate of drug-likeness (QED) is 0.733. The van der Waals surface area contributed by atoms with Crippen LogP contribution in [0, 0.1) is 11.2 Å². The number of hydrogen-bond acceptors (Lipinski definition) is 3. The normalized spacial score (nSPS) is 18.5. The molecule has 2 saturated heterocycles. The third kappa shape index (κ3) is 4.57. The highest BCUT2D eigenvalue weighted by Gasteiger charge is 2.46. The zero-order chi connectivity index (χ0) is 20.4. The predicted molar refractivity (Wildman–Crippen MR) is 112 cm³/mol. The summed E-state index contributed by atoms with van der Waals surface area (Å²) in [5.74, 6) is 0.158. The van der Waals surface area contributed by atoms with E-state index < -0.39 is 0 Å². The van der Waals surface area contributed by atoms with Crippen LogP contribution < -0.4 is 4.74 Å². The number of halogens is 2. The van der Waals surface area contributed by atoms with Crippen molar-refractivity contribution in [3.05, 3.63) is 64.4 Å². The van der Waals surface area contributed by atoms with Gasteiger partial charge < -0.3 is 9.64 Å². The molecule has 2 heterocycles. The molecule has 4 rings (SSSR count). The summed E-state index contributed by atoms with van der Waals surface area (Å²) in [4.78, 5) is 16.9. The van der Waals surface area contributed by atoms with E-state index in [1.807, 2.05) is 35.2 Å². The van der Waals surface area contributed by atoms with E-state index in [1.54, 1.807) is 12.1 Å². The van der Waals surface area contributed by atoms with Crippen molar-refractivity contribution in [2.75, 3.05) is 33.3 Å². The Kier molecular flexibility index (Phi) is 5.79. The lowest BCUT2D eigenvalue weighted by molar-refractivity contribution is -0.146. The van der Waals surface area contributed by atoms with Crippen LogP contribution in [0.4, 0.5) is 4.39 Å². The summed E-state index contributed by atoms with van der Waals surface area (Å²) in [5.41, 5.74) is 2.23. The zero-order valence-corrected chi connectivity index (χ0v) is 17.4. The first-order valence-electron chi connectivity index (χ1n) is 10.0. The van der Waals surface area contributed by atoms with Gasteiger partial charge in [-0.25, -0.2) is 4.39 Å². The summed E-state index contributed by atoms with van der Waals surface area (Å²) >= 11 is 5.91. The fourth-order valence-corrected chi connectivity index (χ4v) is 4.52. The SMILES string of the molecule is COc1ccc(CN2CCC3(CC2)CN(C(=O)Cc2ccc(Cl)cc2)C3)cc1F. The molecule has 29 heavy (non-hydrogen) atoms. The fourth-order valence-electron chi connectivity index (χ4n) is 4.40. The molecule has 2 aromatic rings. The summed E-state index contributed by atoms with van der Waals surface area (Å²) in [6, 6.07) is 12.6. The van der Waals surface area contributed by atoms with Crippen LogP contribution in [0.1, 0.15) is 24.0 Å². The number of likely N-dealkylation sites (tertiary alicyclic amines) is 2. The first kappa shape index (κ1) is 20.2. The molecule has 2 aliphatic rings. The molecule has 6 heteroatoms. The average Bonchev–Trinajstić information content (AvgIpc) is 2.69. The molecular weight excluding hydrogens is 391 g/mol. The number of amides is 1. The number of carbonyl (C=O) groups is 1. The maximum Gasteiger partial charge on any atom is 0.227 e. The van der Waals surface area contributed by atoms with Gasteiger partial charge in [-0.15, -0.1) is 0 Å². The van der Waals surface area contributed by atoms with Gasteiger partial charge in [0.2, 0.25) is 5.91 Å². The molecule has 0 bridgehead atoms. The van der Waals surface area contributed by atoms with Crippen LogP contribution in [-0.2, 0) is 17.8 Å². The second-order valence-corrected chi connectivity index (χ2v) is 8.73. The smallest absolute Gasteiger partial charge is 0.227 e. The Bertz CT molecular complexity index is 871. The Balaban J connectivity index is 1.24. The first-order chi connectivity index (χ1) is 14.0. The molecule has 0 radical (unpaired) electrons. The number of nitrogens with zero attached hydrogens (tertiary/aromatic N) is 2. The topological polar surface area (TPSA) is 32.8 Å². The predicted octanol–water partition coefficient (Wildman–Crippen LogP) is 4.15. The number of rotatable bonds is 5. The summed E-state index contributed by atoms with van der Waals surface area (Å²) in [7, 11) is 1.48. The number of hydrogen-bond donors (Lipinski definition) is 0. The summed E-state index contributed by atoms with van der Waals surface area (Å²) in [6.07, 6.45) is 2.59. The van der Waals surface area contributed by atoms with Crippen molar-refractivity contribution < 1.29 is 13.9 Å². The minimum absolute atomic E-state index is 0.189. The van der Waals surface area contributed by atoms with Crippen LogP contribution in [0.25, 0.3) is 0 Å². The molecule has 0 N–H and O–H groups in total. The van der Waals surface area contributed by atoms with Crippen molar-refractivity contribution in [2.45, 2.75) is 25.8 Å². The van der Waals surface area contributed by atoms with Gasteiger partial charge in [0, 0.05) is 30.1 Å². The third-order valence-corrected chi connectivity index (χ3v) is 6.46. The molecule has 4 nitrogen and oxygen atoms in total. The van der Waals surface area contributed by atoms with Gasteiger partial charge in [0.25, 0.3) is 0 Å². The molecule has 1 amide bonds. The highest BCUT2D eigenvalue weighted by atomic mass is 35.5. The molecule has 2 fully saturated rings. The molecular formula is C23H26ClFN2O2. The minimum Gasteiger partial charge on any atom is -0.494 e. The van der Waals surface area contributed by atoms with Gasteiger partial charge >= 0.3 is 0 Å². The maximum atomic E-state index is 13.9. The standard InChI is InChI=1S/C23H26ClFN2O2/c1-29-21-7-4-18(12-20(21)25)14-26-10-8-23(9-11-26)15-27(16-23)22(28)13-17-2-5-19(24)6-3-17/h2-7,12H,8-11,13-16H2,1H3. The Labute approximate surface area is 176 Å². The van der Waals surface area contributed by atoms with Gasteiger partial charge in [-0.3, -0.25) is 9.69 Å². The number of ether oxygens (including phenoxy) is 1. The second kappa shape index (κ2) is 8.33. The van der Waals surface area contributed by atoms with Crippen LogP contribution in [0.5, 0.6) is 5.75 Å². The Morgan fingerprint density at radius 1 is 1.10 bits per heavy atom. The van der Waals surface area contributed by atoms with E-state index in [-0.39, 0.29) is 22.9 Å². The van der Waals surface area contributed by atoms with Crippen molar-refractivity contribution in [1.82, 2.24) is 9.80 Å². The summed E-state index contributed by atoms with van der Waals surface area (Å²) < 4.78 is 18.9. The van der Waals surface area contributed by atoms with Gasteiger partial charge in [-0.1, -0.05) is 29.8 Å². The van der Waals surface area contributed by atoms with E-state index >= 15 is 0 Å². The zero-order valence-electron chi connectivity index (χ0n) is 16.7. The number of carbonyl (C=O) groups excluding carboxylic acids is 1. The third-order valence-electron chi connectivity index (χ3n) is 6.21. The van der Waals surface area contributed by atoms with Crippen LogP contribution in [0.3, 0.4) is 0 Å². The van der Waals surface area contributed by atoms with Crippen molar-refractivity contribution in [2.24, 2.45) is 5.41 Å². The largest absolute Gasteiger partial charge is 0.494 e. The van der Waals surface area contributed by atoms with Gasteiger partial charge in [-0.05, 0) is 61.3 Å². The molecule has 0 aliphatic carbocycles. The molecule has 0 unspecified atom stereocenters. The second-order valence-electron chi connectivity index (χ2n) is 8.30. The van der Waals surface area contributed by atoms with Crippen LogP contribution in [0.2, 0.25) is 5.02 Å². The van der Waals surface area contributed by atoms with Crippen LogP contribution in [-0.4, -0.2) is 49.0 Å². The van der Waals surface area contributed by atoms with E-state index in [0.29, 0.717) is 11.4 Å². The first-order valence-corrected chi connectivity index (χ1v) is 10.4. The summed E-state index contributed by atoms with van der Waals surface area (Å²) in [6.45, 7) is 4.41. The monoisotopic (exact) mass is 416 g/mol. The van der Waals surface area contributed by atoms with E-state index in [4.69, 9.17) is 16.3 Å². The lowest BCUT2D eigenvalue weighted by atomic mass is 9.71. The molecule has 1 spiro atoms. The molecule has 2 aromatic carbocycles. The van der Waals surface area contributed by atoms with Crippen LogP contribution >= 0.6 is 11.6 Å². The highest BCUT2D eigenvalue weighted by Crippen LogP contribution is 2.41. The minimum atomic E-state index is -0.313. The van der Waals surface area contributed by atoms with E-state index in [2.05, 4.69) is 4.90 Å². The van der Waals surface area contributed by atoms with Crippen molar-refractivity contribution in [1.29, 1.82) is 0 Å². The van der Waals surface area contributed by atoms with Gasteiger partial charge in [0.05, 0.1) is 13.5 Å². The Hall–Kier alpha value is -2.11. The fraction of sp³-hybridized carbons (Fsp3) is 0.435. The van der Waals surface area contributed by atoms with Gasteiger partial charge in [-0.2, -0.15) is 0 Å². The Morgan fingerprint density at radius 2 is 1.76 bits per heavy atom. The van der Waals surface area contributed by atoms with Crippen molar-refractivity contribution >= 4 is 17.5 Å². The number of benzene rings is 2. The van der Waals surface area contributed by atoms with Crippen molar-refractivity contribution in [3.63, 3.8) is 0 Å².